The van der Waals surface area contributed by atoms with Gasteiger partial charge in [0, 0.05) is 17.7 Å². The van der Waals surface area contributed by atoms with E-state index in [2.05, 4.69) is 4.74 Å². The smallest absolute Gasteiger partial charge is 0.335 e. The van der Waals surface area contributed by atoms with Gasteiger partial charge in [-0.15, -0.1) is 0 Å². The molecule has 0 aliphatic carbocycles. The summed E-state index contributed by atoms with van der Waals surface area (Å²) >= 11 is 0. The number of carboxylic acid groups (broad SMARTS) is 1. The molecule has 188 valence electrons. The molecule has 0 unspecified atom stereocenters. The second-order valence-electron chi connectivity index (χ2n) is 7.07. The quantitative estimate of drug-likeness (QED) is 0.267. The van der Waals surface area contributed by atoms with Crippen LogP contribution in [0.15, 0.2) is 42.5 Å². The average Bonchev–Trinajstić information content (AvgIpc) is 2.81. The van der Waals surface area contributed by atoms with E-state index in [-0.39, 0.29) is 40.1 Å². The molecule has 1 aliphatic rings. The lowest BCUT2D eigenvalue weighted by Gasteiger charge is -2.17. The molecule has 3 aromatic carbocycles. The van der Waals surface area contributed by atoms with Crippen molar-refractivity contribution in [3.8, 4) is 51.7 Å². The predicted molar refractivity (Wildman–Crippen MR) is 123 cm³/mol. The number of phenolic OH excluding ortho intramolecular Hbond substituents is 6. The summed E-state index contributed by atoms with van der Waals surface area (Å²) in [7, 11) is 2.68. The first-order chi connectivity index (χ1) is 16.6. The van der Waals surface area contributed by atoms with E-state index in [4.69, 9.17) is 29.9 Å². The maximum atomic E-state index is 10.4. The Morgan fingerprint density at radius 1 is 0.857 bits per heavy atom. The summed E-state index contributed by atoms with van der Waals surface area (Å²) in [5.41, 5.74) is 0.606. The van der Waals surface area contributed by atoms with Gasteiger partial charge in [0.1, 0.15) is 17.2 Å². The molecule has 3 aromatic rings. The number of hydrogen-bond acceptors (Lipinski definition) is 10. The van der Waals surface area contributed by atoms with Gasteiger partial charge in [-0.05, 0) is 37.1 Å². The number of rotatable bonds is 3. The number of hydrogen-bond donors (Lipinski definition) is 7. The minimum absolute atomic E-state index is 0.0492. The Kier molecular flexibility index (Phi) is 9.10. The number of para-hydroxylation sites is 1. The topological polar surface area (TPSA) is 186 Å². The first kappa shape index (κ1) is 26.6. The van der Waals surface area contributed by atoms with Crippen molar-refractivity contribution in [2.45, 2.75) is 12.8 Å². The Bertz CT molecular complexity index is 1150. The van der Waals surface area contributed by atoms with Gasteiger partial charge in [-0.2, -0.15) is 0 Å². The number of benzene rings is 3. The van der Waals surface area contributed by atoms with Crippen LogP contribution in [0.1, 0.15) is 22.3 Å². The van der Waals surface area contributed by atoms with Crippen LogP contribution >= 0.6 is 0 Å². The molecule has 0 saturated heterocycles. The maximum Gasteiger partial charge on any atom is 0.335 e. The Morgan fingerprint density at radius 3 is 2.06 bits per heavy atom. The lowest BCUT2D eigenvalue weighted by atomic mass is 10.1. The molecule has 4 rings (SSSR count). The van der Waals surface area contributed by atoms with Crippen molar-refractivity contribution >= 4 is 5.97 Å². The van der Waals surface area contributed by atoms with Gasteiger partial charge in [-0.25, -0.2) is 4.79 Å². The molecule has 0 saturated carbocycles. The Hall–Kier alpha value is -4.67. The second-order valence-corrected chi connectivity index (χ2v) is 7.07. The van der Waals surface area contributed by atoms with Gasteiger partial charge < -0.3 is 50.0 Å². The molecule has 0 aromatic heterocycles. The fourth-order valence-electron chi connectivity index (χ4n) is 3.03. The van der Waals surface area contributed by atoms with Crippen molar-refractivity contribution < 1.29 is 54.8 Å². The van der Waals surface area contributed by atoms with E-state index in [1.54, 1.807) is 12.1 Å². The molecule has 1 aliphatic heterocycles. The molecule has 0 spiro atoms. The molecule has 11 nitrogen and oxygen atoms in total. The lowest BCUT2D eigenvalue weighted by Crippen LogP contribution is -2.07. The number of fused-ring (bicyclic) bond motifs is 1. The molecule has 0 fully saturated rings. The van der Waals surface area contributed by atoms with Crippen molar-refractivity contribution in [1.29, 1.82) is 0 Å². The summed E-state index contributed by atoms with van der Waals surface area (Å²) < 4.78 is 14.6. The van der Waals surface area contributed by atoms with Crippen molar-refractivity contribution in [2.24, 2.45) is 0 Å². The maximum absolute atomic E-state index is 10.4. The Labute approximate surface area is 200 Å². The molecule has 35 heavy (non-hydrogen) atoms. The summed E-state index contributed by atoms with van der Waals surface area (Å²) in [5, 5.41) is 63.3. The fraction of sp³-hybridized carbons (Fsp3) is 0.208. The van der Waals surface area contributed by atoms with Crippen molar-refractivity contribution in [3.05, 3.63) is 53.6 Å². The summed E-state index contributed by atoms with van der Waals surface area (Å²) in [5.74, 6) is -1.49. The SMILES string of the molecule is COc1c(O)cc(C(=O)O)cc1O.COc1cccc(O)c1O.Oc1cc(O)c2c(c1)OCCC2. The van der Waals surface area contributed by atoms with Crippen molar-refractivity contribution in [3.63, 3.8) is 0 Å². The van der Waals surface area contributed by atoms with Crippen LogP contribution in [0, 0.1) is 0 Å². The zero-order chi connectivity index (χ0) is 26.1. The van der Waals surface area contributed by atoms with Crippen molar-refractivity contribution in [1.82, 2.24) is 0 Å². The summed E-state index contributed by atoms with van der Waals surface area (Å²) in [6.45, 7) is 0.663. The number of methoxy groups -OCH3 is 2. The standard InChI is InChI=1S/C9H10O3.C8H8O5.C7H8O3/c10-6-4-8(11)7-2-1-3-12-9(7)5-6;1-13-7-5(9)2-4(8(11)12)3-6(7)10;1-10-6-4-2-3-5(8)7(6)9/h4-5,10-11H,1-3H2;2-3,9-10H,1H3,(H,11,12);2-4,8-9H,1H3. The normalized spacial score (nSPS) is 11.4. The highest BCUT2D eigenvalue weighted by Crippen LogP contribution is 2.37. The van der Waals surface area contributed by atoms with E-state index < -0.39 is 17.5 Å². The van der Waals surface area contributed by atoms with Crippen LogP contribution in [0.5, 0.6) is 51.7 Å². The largest absolute Gasteiger partial charge is 0.508 e. The van der Waals surface area contributed by atoms with Crippen LogP contribution in [0.2, 0.25) is 0 Å². The number of phenols is 6. The van der Waals surface area contributed by atoms with E-state index in [0.29, 0.717) is 12.4 Å². The molecule has 7 N–H and O–H groups in total. The molecule has 0 radical (unpaired) electrons. The zero-order valence-corrected chi connectivity index (χ0v) is 18.9. The van der Waals surface area contributed by atoms with Crippen molar-refractivity contribution in [2.75, 3.05) is 20.8 Å². The van der Waals surface area contributed by atoms with Gasteiger partial charge in [-0.1, -0.05) is 6.07 Å². The number of ether oxygens (including phenoxy) is 3. The molecule has 0 bridgehead atoms. The number of carboxylic acids is 1. The second kappa shape index (κ2) is 12.0. The van der Waals surface area contributed by atoms with Gasteiger partial charge in [0.2, 0.25) is 5.75 Å². The first-order valence-electron chi connectivity index (χ1n) is 10.1. The van der Waals surface area contributed by atoms with E-state index in [9.17, 15) is 20.1 Å². The van der Waals surface area contributed by atoms with E-state index in [0.717, 1.165) is 30.5 Å². The molecule has 1 heterocycles. The van der Waals surface area contributed by atoms with E-state index >= 15 is 0 Å². The Morgan fingerprint density at radius 2 is 1.51 bits per heavy atom. The number of aromatic carboxylic acids is 1. The monoisotopic (exact) mass is 490 g/mol. The lowest BCUT2D eigenvalue weighted by molar-refractivity contribution is 0.0695. The third kappa shape index (κ3) is 6.90. The van der Waals surface area contributed by atoms with Gasteiger partial charge in [0.25, 0.3) is 0 Å². The number of carbonyl (C=O) groups is 1. The van der Waals surface area contributed by atoms with Crippen LogP contribution in [0.4, 0.5) is 0 Å². The van der Waals surface area contributed by atoms with E-state index in [1.165, 1.54) is 32.4 Å². The predicted octanol–water partition coefficient (Wildman–Crippen LogP) is 3.33. The summed E-state index contributed by atoms with van der Waals surface area (Å²) in [4.78, 5) is 10.4. The van der Waals surface area contributed by atoms with Gasteiger partial charge in [0.15, 0.2) is 28.7 Å². The third-order valence-corrected chi connectivity index (χ3v) is 4.70. The summed E-state index contributed by atoms with van der Waals surface area (Å²) in [6, 6.07) is 9.42. The molecular formula is C24H26O11. The minimum Gasteiger partial charge on any atom is -0.508 e. The van der Waals surface area contributed by atoms with Crippen LogP contribution < -0.4 is 14.2 Å². The molecule has 0 amide bonds. The minimum atomic E-state index is -1.23. The van der Waals surface area contributed by atoms with Crippen LogP contribution in [-0.2, 0) is 6.42 Å². The average molecular weight is 490 g/mol. The molecule has 11 heteroatoms. The van der Waals surface area contributed by atoms with Gasteiger partial charge >= 0.3 is 5.97 Å². The zero-order valence-electron chi connectivity index (χ0n) is 18.9. The van der Waals surface area contributed by atoms with Crippen LogP contribution in [0.3, 0.4) is 0 Å². The van der Waals surface area contributed by atoms with Crippen LogP contribution in [0.25, 0.3) is 0 Å². The highest BCUT2D eigenvalue weighted by molar-refractivity contribution is 5.89. The summed E-state index contributed by atoms with van der Waals surface area (Å²) in [6.07, 6.45) is 1.74. The number of aromatic hydroxyl groups is 6. The highest BCUT2D eigenvalue weighted by atomic mass is 16.5. The fourth-order valence-corrected chi connectivity index (χ4v) is 3.03. The van der Waals surface area contributed by atoms with Gasteiger partial charge in [-0.3, -0.25) is 0 Å². The molecular weight excluding hydrogens is 464 g/mol. The first-order valence-corrected chi connectivity index (χ1v) is 10.1. The van der Waals surface area contributed by atoms with E-state index in [1.807, 2.05) is 0 Å². The molecule has 0 atom stereocenters. The van der Waals surface area contributed by atoms with Crippen LogP contribution in [-0.4, -0.2) is 62.5 Å². The Balaban J connectivity index is 0.000000187. The third-order valence-electron chi connectivity index (χ3n) is 4.70. The van der Waals surface area contributed by atoms with Gasteiger partial charge in [0.05, 0.1) is 26.4 Å². The highest BCUT2D eigenvalue weighted by Gasteiger charge is 2.15.